The fourth-order valence-electron chi connectivity index (χ4n) is 28.8. The molecule has 2 heteroatoms. The van der Waals surface area contributed by atoms with E-state index >= 15 is 0 Å². The molecular weight excluding hydrogens is 1650 g/mol. The van der Waals surface area contributed by atoms with E-state index in [-0.39, 0.29) is 0 Å². The van der Waals surface area contributed by atoms with Gasteiger partial charge in [-0.15, -0.1) is 0 Å². The summed E-state index contributed by atoms with van der Waals surface area (Å²) in [5.74, 6) is 27.0. The van der Waals surface area contributed by atoms with Gasteiger partial charge in [0.15, 0.2) is 0 Å². The zero-order valence-electron chi connectivity index (χ0n) is 102. The van der Waals surface area contributed by atoms with Crippen LogP contribution in [0.5, 0.6) is 0 Å². The molecule has 8 atom stereocenters. The second-order valence-corrected chi connectivity index (χ2v) is 54.5. The molecule has 0 saturated heterocycles. The van der Waals surface area contributed by atoms with Gasteiger partial charge in [0.25, 0.3) is 0 Å². The minimum absolute atomic E-state index is 0.660. The van der Waals surface area contributed by atoms with Crippen molar-refractivity contribution in [2.75, 3.05) is 0 Å². The Kier molecular flexibility index (Phi) is 73.2. The monoisotopic (exact) mass is 1910 g/mol. The van der Waals surface area contributed by atoms with Gasteiger partial charge in [0.1, 0.15) is 0 Å². The second-order valence-electron chi connectivity index (χ2n) is 54.5. The van der Waals surface area contributed by atoms with Crippen LogP contribution in [0.1, 0.15) is 654 Å². The molecule has 0 amide bonds. The molecule has 13 fully saturated rings. The summed E-state index contributed by atoms with van der Waals surface area (Å²) in [4.78, 5) is 0. The summed E-state index contributed by atoms with van der Waals surface area (Å²) in [5, 5.41) is 17.2. The smallest absolute Gasteiger partial charge is 0.0624 e. The summed E-state index contributed by atoms with van der Waals surface area (Å²) in [7, 11) is 0. The molecule has 0 aliphatic heterocycles. The number of rotatable bonds is 38. The highest BCUT2D eigenvalue weighted by Crippen LogP contribution is 2.56. The first-order chi connectivity index (χ1) is 65.0. The average molecular weight is 1920 g/mol. The Labute approximate surface area is 869 Å². The lowest BCUT2D eigenvalue weighted by atomic mass is 9.61. The van der Waals surface area contributed by atoms with Gasteiger partial charge in [0.2, 0.25) is 0 Å². The molecular formula is C135H264N2. The zero-order valence-corrected chi connectivity index (χ0v) is 102. The van der Waals surface area contributed by atoms with Crippen LogP contribution in [0.4, 0.5) is 0 Å². The van der Waals surface area contributed by atoms with Crippen LogP contribution in [0, 0.1) is 221 Å². The standard InChI is InChI=1S/C13H26.2C12H24.3C11H22.2C10H17N.C10H20.3C9H18.C8H16/c1-4-13(11(2)3)10-12-8-6-5-7-9-12;1-4-12(10(2)3)9-11-7-5-6-8-11;1-4-12(10(2)3)11-8-6-5-7-9-11;1-4-11(9(2)3)8-10-6-5-7-10;1-4-11(10(2)3)8-6-5-7-9-11;1-4-11(9(2)3)10-7-5-6-8-10;1-8(2)10(5-6-11)7-9-3-4-9;1-8(2)10(6-7-11)9-4-3-5-9;1-4-10(9(2)3)7-5-6-8-10;2*1-4-9(8(2)3)6-5-7-9;1-4-9(7(2)3)8-5-6-8;1-4-8(5-6-8)7(2)3/h11-13H,4-10H2,1-3H3;2*10-12H,4-9H2,1-3H3;9-11H,4-8H2,1-3H3;10H,4-9H2,1-3H3;9-11H,4-8H2,1-3H3;8-10H,3-5,7H2,1-2H3;8-10H,3-6H2,1-2H3;9H,4-8H2,1-3H3;2*8H,4-7H2,1-3H3;7-9H,4-6H2,1-3H3;7H,4-6H2,1-3H3. The molecule has 13 aliphatic carbocycles. The molecule has 13 rings (SSSR count). The molecule has 0 aromatic rings. The molecule has 0 radical (unpaired) electrons. The van der Waals surface area contributed by atoms with E-state index in [0.29, 0.717) is 23.7 Å². The Morgan fingerprint density at radius 3 is 0.562 bits per heavy atom. The lowest BCUT2D eigenvalue weighted by Crippen LogP contribution is -2.33. The van der Waals surface area contributed by atoms with Crippen molar-refractivity contribution in [3.63, 3.8) is 0 Å². The van der Waals surface area contributed by atoms with Crippen molar-refractivity contribution in [1.29, 1.82) is 10.5 Å². The van der Waals surface area contributed by atoms with Crippen LogP contribution in [0.3, 0.4) is 0 Å². The van der Waals surface area contributed by atoms with Crippen LogP contribution in [-0.2, 0) is 0 Å². The molecule has 0 bridgehead atoms. The lowest BCUT2D eigenvalue weighted by Gasteiger charge is -2.45. The van der Waals surface area contributed by atoms with Crippen LogP contribution in [0.2, 0.25) is 0 Å². The highest BCUT2D eigenvalue weighted by Gasteiger charge is 2.44. The van der Waals surface area contributed by atoms with Gasteiger partial charge in [-0.2, -0.15) is 10.5 Å². The van der Waals surface area contributed by atoms with Crippen LogP contribution in [-0.4, -0.2) is 0 Å². The summed E-state index contributed by atoms with van der Waals surface area (Å²) in [6.45, 7) is 86.9. The maximum Gasteiger partial charge on any atom is 0.0624 e. The third kappa shape index (κ3) is 52.1. The highest BCUT2D eigenvalue weighted by molar-refractivity contribution is 4.95. The number of nitrogens with zero attached hydrogens (tertiary/aromatic N) is 2. The molecule has 0 spiro atoms. The van der Waals surface area contributed by atoms with Crippen LogP contribution in [0.15, 0.2) is 0 Å². The largest absolute Gasteiger partial charge is 0.198 e. The predicted molar refractivity (Wildman–Crippen MR) is 621 cm³/mol. The van der Waals surface area contributed by atoms with Gasteiger partial charge >= 0.3 is 0 Å². The fraction of sp³-hybridized carbons (Fsp3) is 0.985. The minimum Gasteiger partial charge on any atom is -0.198 e. The summed E-state index contributed by atoms with van der Waals surface area (Å²) in [5.41, 5.74) is 3.78. The van der Waals surface area contributed by atoms with E-state index in [1.54, 1.807) is 0 Å². The Balaban J connectivity index is 0.000000743. The summed E-state index contributed by atoms with van der Waals surface area (Å²) in [6.07, 6.45) is 89.4. The first-order valence-electron chi connectivity index (χ1n) is 63.8. The van der Waals surface area contributed by atoms with Crippen molar-refractivity contribution in [2.45, 2.75) is 654 Å². The van der Waals surface area contributed by atoms with E-state index in [1.807, 2.05) is 0 Å². The van der Waals surface area contributed by atoms with Gasteiger partial charge in [0, 0.05) is 12.8 Å². The topological polar surface area (TPSA) is 47.6 Å². The predicted octanol–water partition coefficient (Wildman–Crippen LogP) is 46.8. The molecule has 814 valence electrons. The van der Waals surface area contributed by atoms with E-state index < -0.39 is 0 Å². The van der Waals surface area contributed by atoms with E-state index in [0.717, 1.165) is 188 Å². The summed E-state index contributed by atoms with van der Waals surface area (Å²) in [6, 6.07) is 4.58. The SMILES string of the molecule is CC(C)C(CC#N)C1CCC1.CC(C)C(CC#N)CC1CC1.CCC(C(C)C)C1CC1.CCC(C(C)C)C1CCCC1.CCC(C(C)C)C1CCCCC1.CCC(CC1CCC1)C(C)C.CCC(CC1CCCC1)C(C)C.CCC(CC1CCCCC1)C(C)C.CCC1(C(C)C)CC1.CCC1(C(C)C)CCC1.CCC1(C(C)C)CCC1.CCC1(C(C)C)CCCC1.CCC1(C(C)C)CCCCC1. The first kappa shape index (κ1) is 134. The lowest BCUT2D eigenvalue weighted by molar-refractivity contribution is 0.0637. The quantitative estimate of drug-likeness (QED) is 0.0618. The molecule has 0 aromatic heterocycles. The molecule has 0 N–H and O–H groups in total. The highest BCUT2D eigenvalue weighted by atomic mass is 14.5. The number of hydrogen-bond acceptors (Lipinski definition) is 2. The average Bonchev–Trinajstić information content (AvgIpc) is 1.69. The van der Waals surface area contributed by atoms with Gasteiger partial charge in [-0.1, -0.05) is 539 Å². The zero-order chi connectivity index (χ0) is 103. The molecule has 8 unspecified atom stereocenters. The molecule has 13 aliphatic rings. The Morgan fingerprint density at radius 2 is 0.394 bits per heavy atom. The number of nitriles is 2. The Hall–Kier alpha value is -1.02. The third-order valence-electron chi connectivity index (χ3n) is 42.5. The van der Waals surface area contributed by atoms with Gasteiger partial charge in [0.05, 0.1) is 12.1 Å². The van der Waals surface area contributed by atoms with Crippen molar-refractivity contribution in [1.82, 2.24) is 0 Å². The maximum absolute atomic E-state index is 8.60. The van der Waals surface area contributed by atoms with Crippen LogP contribution < -0.4 is 0 Å². The molecule has 137 heavy (non-hydrogen) atoms. The van der Waals surface area contributed by atoms with Crippen molar-refractivity contribution in [3.05, 3.63) is 0 Å². The van der Waals surface area contributed by atoms with E-state index in [4.69, 9.17) is 10.5 Å². The van der Waals surface area contributed by atoms with E-state index in [1.165, 1.54) is 385 Å². The van der Waals surface area contributed by atoms with Crippen molar-refractivity contribution in [3.8, 4) is 12.1 Å². The van der Waals surface area contributed by atoms with Crippen LogP contribution >= 0.6 is 0 Å². The Morgan fingerprint density at radius 1 is 0.190 bits per heavy atom. The van der Waals surface area contributed by atoms with Gasteiger partial charge in [-0.25, -0.2) is 0 Å². The van der Waals surface area contributed by atoms with Crippen LogP contribution in [0.25, 0.3) is 0 Å². The third-order valence-corrected chi connectivity index (χ3v) is 42.5. The second kappa shape index (κ2) is 74.8. The number of hydrogen-bond donors (Lipinski definition) is 0. The molecule has 0 aromatic carbocycles. The van der Waals surface area contributed by atoms with Crippen molar-refractivity contribution < 1.29 is 0 Å². The van der Waals surface area contributed by atoms with E-state index in [9.17, 15) is 0 Å². The van der Waals surface area contributed by atoms with Crippen molar-refractivity contribution in [2.24, 2.45) is 199 Å². The summed E-state index contributed by atoms with van der Waals surface area (Å²) < 4.78 is 0. The fourth-order valence-corrected chi connectivity index (χ4v) is 28.8. The molecule has 13 saturated carbocycles. The normalized spacial score (nSPS) is 22.6. The van der Waals surface area contributed by atoms with Crippen molar-refractivity contribution >= 4 is 0 Å². The molecule has 0 heterocycles. The van der Waals surface area contributed by atoms with Gasteiger partial charge < -0.3 is 0 Å². The van der Waals surface area contributed by atoms with Gasteiger partial charge in [-0.3, -0.25) is 0 Å². The maximum atomic E-state index is 8.60. The van der Waals surface area contributed by atoms with Gasteiger partial charge in [-0.05, 0) is 301 Å². The molecule has 2 nitrogen and oxygen atoms in total. The first-order valence-corrected chi connectivity index (χ1v) is 63.8. The Bertz CT molecular complexity index is 2750. The van der Waals surface area contributed by atoms with E-state index in [2.05, 4.69) is 268 Å². The summed E-state index contributed by atoms with van der Waals surface area (Å²) >= 11 is 0. The minimum atomic E-state index is 0.660.